The zero-order chi connectivity index (χ0) is 24.2. The van der Waals surface area contributed by atoms with Crippen molar-refractivity contribution in [1.82, 2.24) is 0 Å². The van der Waals surface area contributed by atoms with Crippen molar-refractivity contribution in [3.05, 3.63) is 88.5 Å². The lowest BCUT2D eigenvalue weighted by Crippen LogP contribution is -2.38. The number of sulfonamides is 1. The van der Waals surface area contributed by atoms with Gasteiger partial charge >= 0.3 is 0 Å². The van der Waals surface area contributed by atoms with E-state index in [-0.39, 0.29) is 17.3 Å². The molecule has 3 aromatic carbocycles. The molecule has 0 aliphatic heterocycles. The van der Waals surface area contributed by atoms with Gasteiger partial charge in [-0.2, -0.15) is 0 Å². The first-order valence-electron chi connectivity index (χ1n) is 11.2. The van der Waals surface area contributed by atoms with Gasteiger partial charge in [0.05, 0.1) is 10.6 Å². The highest BCUT2D eigenvalue weighted by Crippen LogP contribution is 2.27. The normalized spacial score (nSPS) is 11.3. The average molecular weight is 465 g/mol. The van der Waals surface area contributed by atoms with Crippen LogP contribution in [0.4, 0.5) is 11.4 Å². The third kappa shape index (κ3) is 5.45. The molecule has 0 heterocycles. The topological polar surface area (TPSA) is 66.5 Å². The smallest absolute Gasteiger partial charge is 0.264 e. The highest BCUT2D eigenvalue weighted by atomic mass is 32.2. The van der Waals surface area contributed by atoms with Crippen LogP contribution in [-0.4, -0.2) is 20.9 Å². The Balaban J connectivity index is 2.01. The van der Waals surface area contributed by atoms with Crippen LogP contribution in [0.5, 0.6) is 0 Å². The summed E-state index contributed by atoms with van der Waals surface area (Å²) in [4.78, 5) is 13.4. The molecule has 0 aliphatic carbocycles. The standard InChI is InChI=1S/C27H32N2O3S/c1-6-22-9-8-10-23(7-2)27(22)28-26(30)18-29(24-14-13-20(4)21(5)17-24)33(31,32)25-15-11-19(3)12-16-25/h8-17H,6-7,18H2,1-5H3,(H,28,30). The molecule has 174 valence electrons. The lowest BCUT2D eigenvalue weighted by molar-refractivity contribution is -0.114. The largest absolute Gasteiger partial charge is 0.324 e. The Morgan fingerprint density at radius 2 is 1.45 bits per heavy atom. The van der Waals surface area contributed by atoms with Gasteiger partial charge in [-0.1, -0.05) is 55.8 Å². The van der Waals surface area contributed by atoms with E-state index in [9.17, 15) is 13.2 Å². The summed E-state index contributed by atoms with van der Waals surface area (Å²) in [6, 6.07) is 18.1. The molecule has 3 aromatic rings. The number of amides is 1. The number of hydrogen-bond donors (Lipinski definition) is 1. The summed E-state index contributed by atoms with van der Waals surface area (Å²) in [5, 5.41) is 2.99. The van der Waals surface area contributed by atoms with E-state index in [0.29, 0.717) is 5.69 Å². The van der Waals surface area contributed by atoms with Crippen LogP contribution in [0, 0.1) is 20.8 Å². The SMILES string of the molecule is CCc1cccc(CC)c1NC(=O)CN(c1ccc(C)c(C)c1)S(=O)(=O)c1ccc(C)cc1. The van der Waals surface area contributed by atoms with E-state index in [1.807, 2.05) is 65.0 Å². The van der Waals surface area contributed by atoms with Gasteiger partial charge in [0.2, 0.25) is 5.91 Å². The van der Waals surface area contributed by atoms with Gasteiger partial charge < -0.3 is 5.32 Å². The number of nitrogens with zero attached hydrogens (tertiary/aromatic N) is 1. The van der Waals surface area contributed by atoms with Crippen molar-refractivity contribution in [2.45, 2.75) is 52.4 Å². The lowest BCUT2D eigenvalue weighted by atomic mass is 10.0. The summed E-state index contributed by atoms with van der Waals surface area (Å²) in [5.41, 5.74) is 6.28. The van der Waals surface area contributed by atoms with Crippen molar-refractivity contribution in [3.8, 4) is 0 Å². The van der Waals surface area contributed by atoms with Gasteiger partial charge in [0.15, 0.2) is 0 Å². The summed E-state index contributed by atoms with van der Waals surface area (Å²) in [7, 11) is -3.95. The van der Waals surface area contributed by atoms with E-state index in [1.54, 1.807) is 30.3 Å². The molecule has 0 aliphatic rings. The van der Waals surface area contributed by atoms with Crippen LogP contribution in [-0.2, 0) is 27.7 Å². The molecule has 0 atom stereocenters. The predicted molar refractivity (Wildman–Crippen MR) is 135 cm³/mol. The Morgan fingerprint density at radius 1 is 0.848 bits per heavy atom. The first-order valence-corrected chi connectivity index (χ1v) is 12.7. The Hall–Kier alpha value is -3.12. The maximum absolute atomic E-state index is 13.6. The molecule has 1 N–H and O–H groups in total. The van der Waals surface area contributed by atoms with Gasteiger partial charge in [-0.15, -0.1) is 0 Å². The van der Waals surface area contributed by atoms with Crippen molar-refractivity contribution in [3.63, 3.8) is 0 Å². The van der Waals surface area contributed by atoms with E-state index in [4.69, 9.17) is 0 Å². The molecule has 0 bridgehead atoms. The molecule has 3 rings (SSSR count). The number of carbonyl (C=O) groups is 1. The van der Waals surface area contributed by atoms with Crippen molar-refractivity contribution in [2.24, 2.45) is 0 Å². The fourth-order valence-electron chi connectivity index (χ4n) is 3.75. The van der Waals surface area contributed by atoms with Gasteiger partial charge in [0, 0.05) is 5.69 Å². The second-order valence-electron chi connectivity index (χ2n) is 8.30. The number of aryl methyl sites for hydroxylation is 5. The number of hydrogen-bond acceptors (Lipinski definition) is 3. The molecule has 0 aromatic heterocycles. The Kier molecular flexibility index (Phi) is 7.59. The highest BCUT2D eigenvalue weighted by molar-refractivity contribution is 7.92. The first kappa shape index (κ1) is 24.5. The third-order valence-corrected chi connectivity index (χ3v) is 7.73. The van der Waals surface area contributed by atoms with Crippen LogP contribution in [0.3, 0.4) is 0 Å². The molecular weight excluding hydrogens is 432 g/mol. The van der Waals surface area contributed by atoms with Crippen LogP contribution in [0.1, 0.15) is 41.7 Å². The Morgan fingerprint density at radius 3 is 2.00 bits per heavy atom. The molecule has 1 amide bonds. The van der Waals surface area contributed by atoms with Crippen molar-refractivity contribution in [2.75, 3.05) is 16.2 Å². The molecule has 5 nitrogen and oxygen atoms in total. The minimum atomic E-state index is -3.95. The fourth-order valence-corrected chi connectivity index (χ4v) is 5.16. The Labute approximate surface area is 197 Å². The fraction of sp³-hybridized carbons (Fsp3) is 0.296. The monoisotopic (exact) mass is 464 g/mol. The number of para-hydroxylation sites is 1. The second-order valence-corrected chi connectivity index (χ2v) is 10.2. The summed E-state index contributed by atoms with van der Waals surface area (Å²) in [6.45, 7) is 9.56. The molecule has 0 fully saturated rings. The van der Waals surface area contributed by atoms with Crippen molar-refractivity contribution >= 4 is 27.3 Å². The lowest BCUT2D eigenvalue weighted by Gasteiger charge is -2.25. The Bertz CT molecular complexity index is 1230. The van der Waals surface area contributed by atoms with E-state index < -0.39 is 10.0 Å². The van der Waals surface area contributed by atoms with Crippen LogP contribution in [0.25, 0.3) is 0 Å². The predicted octanol–water partition coefficient (Wildman–Crippen LogP) is 5.57. The molecule has 0 radical (unpaired) electrons. The summed E-state index contributed by atoms with van der Waals surface area (Å²) in [5.74, 6) is -0.375. The molecule has 0 saturated carbocycles. The van der Waals surface area contributed by atoms with Crippen molar-refractivity contribution < 1.29 is 13.2 Å². The maximum Gasteiger partial charge on any atom is 0.264 e. The van der Waals surface area contributed by atoms with Gasteiger partial charge in [-0.05, 0) is 80.1 Å². The molecule has 6 heteroatoms. The second kappa shape index (κ2) is 10.2. The van der Waals surface area contributed by atoms with Gasteiger partial charge in [0.25, 0.3) is 10.0 Å². The average Bonchev–Trinajstić information content (AvgIpc) is 2.79. The van der Waals surface area contributed by atoms with Crippen LogP contribution in [0.2, 0.25) is 0 Å². The zero-order valence-corrected chi connectivity index (χ0v) is 20.8. The van der Waals surface area contributed by atoms with Gasteiger partial charge in [-0.25, -0.2) is 8.42 Å². The quantitative estimate of drug-likeness (QED) is 0.474. The summed E-state index contributed by atoms with van der Waals surface area (Å²) >= 11 is 0. The van der Waals surface area contributed by atoms with Crippen LogP contribution < -0.4 is 9.62 Å². The highest BCUT2D eigenvalue weighted by Gasteiger charge is 2.28. The number of carbonyl (C=O) groups excluding carboxylic acids is 1. The summed E-state index contributed by atoms with van der Waals surface area (Å²) < 4.78 is 28.4. The van der Waals surface area contributed by atoms with E-state index in [2.05, 4.69) is 5.32 Å². The number of anilines is 2. The molecule has 0 unspecified atom stereocenters. The van der Waals surface area contributed by atoms with Gasteiger partial charge in [0.1, 0.15) is 6.54 Å². The third-order valence-electron chi connectivity index (χ3n) is 5.94. The number of nitrogens with one attached hydrogen (secondary N) is 1. The zero-order valence-electron chi connectivity index (χ0n) is 20.0. The molecular formula is C27H32N2O3S. The minimum absolute atomic E-state index is 0.155. The maximum atomic E-state index is 13.6. The van der Waals surface area contributed by atoms with Crippen LogP contribution >= 0.6 is 0 Å². The summed E-state index contributed by atoms with van der Waals surface area (Å²) in [6.07, 6.45) is 1.54. The molecule has 0 saturated heterocycles. The van der Waals surface area contributed by atoms with E-state index >= 15 is 0 Å². The first-order chi connectivity index (χ1) is 15.7. The van der Waals surface area contributed by atoms with E-state index in [0.717, 1.165) is 46.3 Å². The number of rotatable bonds is 8. The van der Waals surface area contributed by atoms with Crippen molar-refractivity contribution in [1.29, 1.82) is 0 Å². The molecule has 0 spiro atoms. The van der Waals surface area contributed by atoms with Gasteiger partial charge in [-0.3, -0.25) is 9.10 Å². The molecule has 33 heavy (non-hydrogen) atoms. The van der Waals surface area contributed by atoms with Crippen LogP contribution in [0.15, 0.2) is 65.6 Å². The number of benzene rings is 3. The minimum Gasteiger partial charge on any atom is -0.324 e. The van der Waals surface area contributed by atoms with E-state index in [1.165, 1.54) is 4.31 Å².